The molecule has 2 heterocycles. The Bertz CT molecular complexity index is 1080. The number of hydrogen-bond donors (Lipinski definition) is 2. The second-order valence-electron chi connectivity index (χ2n) is 6.09. The first-order valence-corrected chi connectivity index (χ1v) is 10.0. The zero-order valence-electron chi connectivity index (χ0n) is 15.5. The Morgan fingerprint density at radius 2 is 1.93 bits per heavy atom. The first-order chi connectivity index (χ1) is 13.3. The van der Waals surface area contributed by atoms with Crippen LogP contribution in [0.4, 0.5) is 5.82 Å². The smallest absolute Gasteiger partial charge is 0.240 e. The van der Waals surface area contributed by atoms with Crippen molar-refractivity contribution in [3.05, 3.63) is 59.9 Å². The third-order valence-corrected chi connectivity index (χ3v) is 5.34. The first-order valence-electron chi connectivity index (χ1n) is 8.56. The number of Topliss-reactive ketones (excluding diaryl/α,β-unsaturated/α-hetero) is 1. The Kier molecular flexibility index (Phi) is 5.81. The minimum Gasteiger partial charge on any atom is -0.367 e. The number of nitrogens with zero attached hydrogens (tertiary/aromatic N) is 4. The van der Waals surface area contributed by atoms with Gasteiger partial charge in [-0.05, 0) is 44.2 Å². The Labute approximate surface area is 162 Å². The van der Waals surface area contributed by atoms with Gasteiger partial charge in [0.15, 0.2) is 11.6 Å². The lowest BCUT2D eigenvalue weighted by Crippen LogP contribution is -2.29. The molecule has 3 aromatic rings. The molecule has 0 aliphatic rings. The van der Waals surface area contributed by atoms with Gasteiger partial charge in [-0.15, -0.1) is 10.2 Å². The van der Waals surface area contributed by atoms with Crippen LogP contribution in [0.25, 0.3) is 5.82 Å². The molecule has 3 rings (SSSR count). The lowest BCUT2D eigenvalue weighted by atomic mass is 10.2. The highest BCUT2D eigenvalue weighted by molar-refractivity contribution is 7.89. The molecule has 0 spiro atoms. The molecular weight excluding hydrogens is 380 g/mol. The minimum atomic E-state index is -3.70. The standard InChI is InChI=1S/C18H20N6O3S/c1-13-8-11-24(23-13)18-7-6-17(21-22-18)19-9-10-20-28(26,27)16-5-3-4-15(12-16)14(2)25/h3-8,11-12,20H,9-10H2,1-2H3,(H,19,21). The monoisotopic (exact) mass is 400 g/mol. The fourth-order valence-electron chi connectivity index (χ4n) is 2.43. The number of carbonyl (C=O) groups excluding carboxylic acids is 1. The minimum absolute atomic E-state index is 0.0545. The number of anilines is 1. The van der Waals surface area contributed by atoms with E-state index in [2.05, 4.69) is 25.3 Å². The van der Waals surface area contributed by atoms with Crippen LogP contribution >= 0.6 is 0 Å². The van der Waals surface area contributed by atoms with E-state index in [1.807, 2.05) is 13.0 Å². The van der Waals surface area contributed by atoms with Gasteiger partial charge in [0.25, 0.3) is 0 Å². The van der Waals surface area contributed by atoms with Crippen molar-refractivity contribution < 1.29 is 13.2 Å². The molecule has 28 heavy (non-hydrogen) atoms. The van der Waals surface area contributed by atoms with Gasteiger partial charge in [-0.25, -0.2) is 17.8 Å². The molecule has 2 aromatic heterocycles. The number of hydrogen-bond acceptors (Lipinski definition) is 7. The number of aromatic nitrogens is 4. The van der Waals surface area contributed by atoms with Gasteiger partial charge < -0.3 is 5.32 Å². The number of sulfonamides is 1. The molecule has 0 unspecified atom stereocenters. The fourth-order valence-corrected chi connectivity index (χ4v) is 3.50. The summed E-state index contributed by atoms with van der Waals surface area (Å²) in [6.07, 6.45) is 1.79. The Morgan fingerprint density at radius 1 is 1.11 bits per heavy atom. The van der Waals surface area contributed by atoms with E-state index in [4.69, 9.17) is 0 Å². The van der Waals surface area contributed by atoms with Crippen molar-refractivity contribution in [2.75, 3.05) is 18.4 Å². The lowest BCUT2D eigenvalue weighted by molar-refractivity contribution is 0.101. The maximum atomic E-state index is 12.3. The number of ketones is 1. The summed E-state index contributed by atoms with van der Waals surface area (Å²) in [5, 5.41) is 15.4. The molecule has 146 valence electrons. The van der Waals surface area contributed by atoms with Crippen LogP contribution in [0.3, 0.4) is 0 Å². The summed E-state index contributed by atoms with van der Waals surface area (Å²) < 4.78 is 28.8. The van der Waals surface area contributed by atoms with Crippen molar-refractivity contribution in [3.63, 3.8) is 0 Å². The molecular formula is C18H20N6O3S. The summed E-state index contributed by atoms with van der Waals surface area (Å²) in [6, 6.07) is 11.3. The molecule has 0 aliphatic carbocycles. The number of rotatable bonds is 8. The van der Waals surface area contributed by atoms with Crippen molar-refractivity contribution in [2.45, 2.75) is 18.7 Å². The van der Waals surface area contributed by atoms with Crippen LogP contribution in [0.2, 0.25) is 0 Å². The molecule has 2 N–H and O–H groups in total. The molecule has 0 atom stereocenters. The Hall–Kier alpha value is -3.11. The Morgan fingerprint density at radius 3 is 2.57 bits per heavy atom. The predicted octanol–water partition coefficient (Wildman–Crippen LogP) is 1.56. The number of benzene rings is 1. The highest BCUT2D eigenvalue weighted by Crippen LogP contribution is 2.12. The average molecular weight is 400 g/mol. The fraction of sp³-hybridized carbons (Fsp3) is 0.222. The molecule has 0 radical (unpaired) electrons. The molecule has 0 saturated carbocycles. The van der Waals surface area contributed by atoms with Crippen LogP contribution in [0, 0.1) is 6.92 Å². The molecule has 0 aliphatic heterocycles. The summed E-state index contributed by atoms with van der Waals surface area (Å²) in [7, 11) is -3.70. The maximum absolute atomic E-state index is 12.3. The quantitative estimate of drug-likeness (QED) is 0.435. The largest absolute Gasteiger partial charge is 0.367 e. The highest BCUT2D eigenvalue weighted by Gasteiger charge is 2.14. The van der Waals surface area contributed by atoms with E-state index in [0.29, 0.717) is 23.7 Å². The summed E-state index contributed by atoms with van der Waals surface area (Å²) in [6.45, 7) is 3.75. The van der Waals surface area contributed by atoms with Gasteiger partial charge in [0.2, 0.25) is 10.0 Å². The summed E-state index contributed by atoms with van der Waals surface area (Å²) in [5.41, 5.74) is 1.23. The van der Waals surface area contributed by atoms with Crippen molar-refractivity contribution in [1.29, 1.82) is 0 Å². The summed E-state index contributed by atoms with van der Waals surface area (Å²) in [4.78, 5) is 11.5. The summed E-state index contributed by atoms with van der Waals surface area (Å²) in [5.74, 6) is 0.918. The molecule has 0 amide bonds. The van der Waals surface area contributed by atoms with Gasteiger partial charge in [0.1, 0.15) is 5.82 Å². The topological polar surface area (TPSA) is 119 Å². The van der Waals surface area contributed by atoms with Crippen LogP contribution in [0.15, 0.2) is 53.6 Å². The molecule has 0 fully saturated rings. The van der Waals surface area contributed by atoms with Crippen LogP contribution in [0.1, 0.15) is 23.0 Å². The van der Waals surface area contributed by atoms with Gasteiger partial charge >= 0.3 is 0 Å². The zero-order chi connectivity index (χ0) is 20.1. The molecule has 10 heteroatoms. The first kappa shape index (κ1) is 19.6. The van der Waals surface area contributed by atoms with Gasteiger partial charge in [-0.3, -0.25) is 4.79 Å². The van der Waals surface area contributed by atoms with E-state index in [9.17, 15) is 13.2 Å². The number of nitrogens with one attached hydrogen (secondary N) is 2. The molecule has 9 nitrogen and oxygen atoms in total. The second kappa shape index (κ2) is 8.28. The van der Waals surface area contributed by atoms with E-state index in [-0.39, 0.29) is 17.2 Å². The number of aryl methyl sites for hydroxylation is 1. The normalized spacial score (nSPS) is 11.4. The van der Waals surface area contributed by atoms with Crippen molar-refractivity contribution in [1.82, 2.24) is 24.7 Å². The van der Waals surface area contributed by atoms with Crippen molar-refractivity contribution in [2.24, 2.45) is 0 Å². The van der Waals surface area contributed by atoms with Gasteiger partial charge in [0.05, 0.1) is 10.6 Å². The molecule has 1 aromatic carbocycles. The lowest BCUT2D eigenvalue weighted by Gasteiger charge is -2.09. The predicted molar refractivity (Wildman–Crippen MR) is 104 cm³/mol. The van der Waals surface area contributed by atoms with Crippen LogP contribution in [-0.4, -0.2) is 47.3 Å². The van der Waals surface area contributed by atoms with Gasteiger partial charge in [-0.1, -0.05) is 12.1 Å². The summed E-state index contributed by atoms with van der Waals surface area (Å²) >= 11 is 0. The third kappa shape index (κ3) is 4.78. The highest BCUT2D eigenvalue weighted by atomic mass is 32.2. The SMILES string of the molecule is CC(=O)c1cccc(S(=O)(=O)NCCNc2ccc(-n3ccc(C)n3)nn2)c1. The van der Waals surface area contributed by atoms with E-state index < -0.39 is 10.0 Å². The van der Waals surface area contributed by atoms with Gasteiger partial charge in [-0.2, -0.15) is 5.10 Å². The Balaban J connectivity index is 1.54. The second-order valence-corrected chi connectivity index (χ2v) is 7.85. The van der Waals surface area contributed by atoms with Crippen molar-refractivity contribution >= 4 is 21.6 Å². The van der Waals surface area contributed by atoms with Crippen LogP contribution in [-0.2, 0) is 10.0 Å². The van der Waals surface area contributed by atoms with E-state index in [1.54, 1.807) is 35.1 Å². The van der Waals surface area contributed by atoms with Crippen LogP contribution in [0.5, 0.6) is 0 Å². The van der Waals surface area contributed by atoms with Gasteiger partial charge in [0, 0.05) is 24.8 Å². The van der Waals surface area contributed by atoms with E-state index >= 15 is 0 Å². The van der Waals surface area contributed by atoms with Crippen molar-refractivity contribution in [3.8, 4) is 5.82 Å². The maximum Gasteiger partial charge on any atom is 0.240 e. The zero-order valence-corrected chi connectivity index (χ0v) is 16.3. The van der Waals surface area contributed by atoms with Crippen LogP contribution < -0.4 is 10.0 Å². The van der Waals surface area contributed by atoms with E-state index in [0.717, 1.165) is 5.69 Å². The number of carbonyl (C=O) groups is 1. The average Bonchev–Trinajstić information content (AvgIpc) is 3.12. The van der Waals surface area contributed by atoms with E-state index in [1.165, 1.54) is 19.1 Å². The molecule has 0 bridgehead atoms. The third-order valence-electron chi connectivity index (χ3n) is 3.88. The molecule has 0 saturated heterocycles.